The molecule has 1 heterocycles. The highest BCUT2D eigenvalue weighted by Crippen LogP contribution is 2.27. The molecule has 31 heavy (non-hydrogen) atoms. The second-order valence-corrected chi connectivity index (χ2v) is 9.34. The monoisotopic (exact) mass is 437 g/mol. The Bertz CT molecular complexity index is 1040. The Morgan fingerprint density at radius 3 is 2.45 bits per heavy atom. The lowest BCUT2D eigenvalue weighted by Crippen LogP contribution is -2.53. The molecular formula is C23H27N5O2S. The van der Waals surface area contributed by atoms with E-state index in [1.165, 1.54) is 11.3 Å². The maximum absolute atomic E-state index is 13.0. The lowest BCUT2D eigenvalue weighted by molar-refractivity contribution is -0.117. The van der Waals surface area contributed by atoms with Crippen LogP contribution in [0.25, 0.3) is 10.6 Å². The van der Waals surface area contributed by atoms with E-state index in [2.05, 4.69) is 26.1 Å². The molecule has 0 spiro atoms. The van der Waals surface area contributed by atoms with Gasteiger partial charge in [-0.25, -0.2) is 4.79 Å². The number of aromatic nitrogens is 2. The van der Waals surface area contributed by atoms with Crippen molar-refractivity contribution in [2.24, 2.45) is 0 Å². The number of carbonyl (C=O) groups is 2. The molecule has 7 nitrogen and oxygen atoms in total. The number of hydrogen-bond donors (Lipinski definition) is 3. The molecule has 2 aromatic carbocycles. The van der Waals surface area contributed by atoms with Gasteiger partial charge < -0.3 is 10.6 Å². The van der Waals surface area contributed by atoms with Gasteiger partial charge >= 0.3 is 6.03 Å². The molecule has 3 rings (SSSR count). The minimum atomic E-state index is -0.768. The van der Waals surface area contributed by atoms with E-state index in [0.717, 1.165) is 21.7 Å². The van der Waals surface area contributed by atoms with Crippen LogP contribution in [0.15, 0.2) is 54.6 Å². The standard InChI is InChI=1S/C23H27N5O2S/c1-15-9-8-12-17(13-15)20-27-28-22(31-20)25-19(29)18(14-16-10-6-5-7-11-16)24-21(30)26-23(2,3)4/h5-13,18H,14H2,1-4H3,(H2,24,26,30)(H,25,28,29). The van der Waals surface area contributed by atoms with Crippen molar-refractivity contribution in [3.63, 3.8) is 0 Å². The summed E-state index contributed by atoms with van der Waals surface area (Å²) >= 11 is 1.29. The first-order chi connectivity index (χ1) is 14.7. The van der Waals surface area contributed by atoms with Crippen LogP contribution in [0.1, 0.15) is 31.9 Å². The van der Waals surface area contributed by atoms with Gasteiger partial charge in [-0.15, -0.1) is 10.2 Å². The average molecular weight is 438 g/mol. The topological polar surface area (TPSA) is 96.0 Å². The van der Waals surface area contributed by atoms with Crippen LogP contribution in [-0.4, -0.2) is 33.7 Å². The Kier molecular flexibility index (Phi) is 7.02. The number of aryl methyl sites for hydroxylation is 1. The smallest absolute Gasteiger partial charge is 0.315 e. The van der Waals surface area contributed by atoms with E-state index in [-0.39, 0.29) is 5.91 Å². The molecule has 0 saturated carbocycles. The first-order valence-electron chi connectivity index (χ1n) is 10.0. The molecule has 8 heteroatoms. The maximum atomic E-state index is 13.0. The van der Waals surface area contributed by atoms with Crippen molar-refractivity contribution < 1.29 is 9.59 Å². The molecule has 1 aromatic heterocycles. The van der Waals surface area contributed by atoms with Crippen molar-refractivity contribution in [2.75, 3.05) is 5.32 Å². The summed E-state index contributed by atoms with van der Waals surface area (Å²) in [4.78, 5) is 25.4. The van der Waals surface area contributed by atoms with Crippen molar-refractivity contribution in [1.29, 1.82) is 0 Å². The van der Waals surface area contributed by atoms with Gasteiger partial charge in [0.25, 0.3) is 0 Å². The molecule has 0 aliphatic rings. The summed E-state index contributed by atoms with van der Waals surface area (Å²) in [5.41, 5.74) is 2.59. The Labute approximate surface area is 186 Å². The van der Waals surface area contributed by atoms with Gasteiger partial charge in [0.05, 0.1) is 0 Å². The zero-order chi connectivity index (χ0) is 22.4. The van der Waals surface area contributed by atoms with Crippen molar-refractivity contribution in [3.8, 4) is 10.6 Å². The number of anilines is 1. The molecule has 3 N–H and O–H groups in total. The molecular weight excluding hydrogens is 410 g/mol. The van der Waals surface area contributed by atoms with Crippen LogP contribution in [0, 0.1) is 6.92 Å². The summed E-state index contributed by atoms with van der Waals surface area (Å²) in [5, 5.41) is 17.8. The minimum absolute atomic E-state index is 0.347. The third-order valence-electron chi connectivity index (χ3n) is 4.31. The van der Waals surface area contributed by atoms with Crippen LogP contribution < -0.4 is 16.0 Å². The summed E-state index contributed by atoms with van der Waals surface area (Å²) < 4.78 is 0. The van der Waals surface area contributed by atoms with Gasteiger partial charge in [-0.1, -0.05) is 65.4 Å². The van der Waals surface area contributed by atoms with Crippen molar-refractivity contribution >= 4 is 28.4 Å². The third kappa shape index (κ3) is 6.89. The molecule has 1 atom stereocenters. The largest absolute Gasteiger partial charge is 0.334 e. The quantitative estimate of drug-likeness (QED) is 0.539. The van der Waals surface area contributed by atoms with E-state index >= 15 is 0 Å². The number of hydrogen-bond acceptors (Lipinski definition) is 5. The van der Waals surface area contributed by atoms with E-state index in [0.29, 0.717) is 11.6 Å². The van der Waals surface area contributed by atoms with Crippen molar-refractivity contribution in [2.45, 2.75) is 45.7 Å². The fraction of sp³-hybridized carbons (Fsp3) is 0.304. The Balaban J connectivity index is 1.74. The molecule has 0 radical (unpaired) electrons. The fourth-order valence-corrected chi connectivity index (χ4v) is 3.70. The highest BCUT2D eigenvalue weighted by Gasteiger charge is 2.24. The predicted molar refractivity (Wildman–Crippen MR) is 124 cm³/mol. The first kappa shape index (κ1) is 22.4. The third-order valence-corrected chi connectivity index (χ3v) is 5.20. The first-order valence-corrected chi connectivity index (χ1v) is 10.9. The zero-order valence-corrected chi connectivity index (χ0v) is 18.9. The van der Waals surface area contributed by atoms with Crippen molar-refractivity contribution in [3.05, 3.63) is 65.7 Å². The number of benzene rings is 2. The lowest BCUT2D eigenvalue weighted by atomic mass is 10.1. The van der Waals surface area contributed by atoms with Crippen LogP contribution >= 0.6 is 11.3 Å². The van der Waals surface area contributed by atoms with E-state index in [1.807, 2.05) is 82.3 Å². The van der Waals surface area contributed by atoms with Crippen LogP contribution in [0.3, 0.4) is 0 Å². The molecule has 0 aliphatic heterocycles. The number of rotatable bonds is 6. The van der Waals surface area contributed by atoms with Gasteiger partial charge in [0.1, 0.15) is 11.0 Å². The summed E-state index contributed by atoms with van der Waals surface area (Å²) in [6, 6.07) is 16.3. The highest BCUT2D eigenvalue weighted by atomic mass is 32.1. The zero-order valence-electron chi connectivity index (χ0n) is 18.1. The van der Waals surface area contributed by atoms with E-state index < -0.39 is 17.6 Å². The lowest BCUT2D eigenvalue weighted by Gasteiger charge is -2.24. The van der Waals surface area contributed by atoms with Gasteiger partial charge in [0.15, 0.2) is 0 Å². The molecule has 162 valence electrons. The molecule has 0 fully saturated rings. The fourth-order valence-electron chi connectivity index (χ4n) is 2.95. The average Bonchev–Trinajstić information content (AvgIpc) is 3.15. The van der Waals surface area contributed by atoms with Gasteiger partial charge in [0, 0.05) is 17.5 Å². The number of nitrogens with zero attached hydrogens (tertiary/aromatic N) is 2. The second-order valence-electron chi connectivity index (χ2n) is 8.36. The van der Waals surface area contributed by atoms with E-state index in [9.17, 15) is 9.59 Å². The van der Waals surface area contributed by atoms with Gasteiger partial charge in [-0.2, -0.15) is 0 Å². The van der Waals surface area contributed by atoms with Gasteiger partial charge in [-0.3, -0.25) is 10.1 Å². The van der Waals surface area contributed by atoms with Crippen LogP contribution in [0.5, 0.6) is 0 Å². The molecule has 3 amide bonds. The molecule has 3 aromatic rings. The number of amides is 3. The normalized spacial score (nSPS) is 12.1. The predicted octanol–water partition coefficient (Wildman–Crippen LogP) is 4.16. The molecule has 0 saturated heterocycles. The number of nitrogens with one attached hydrogen (secondary N) is 3. The second kappa shape index (κ2) is 9.70. The summed E-state index contributed by atoms with van der Waals surface area (Å²) in [6.45, 7) is 7.66. The van der Waals surface area contributed by atoms with E-state index in [1.54, 1.807) is 0 Å². The van der Waals surface area contributed by atoms with Crippen LogP contribution in [0.4, 0.5) is 9.93 Å². The number of carbonyl (C=O) groups excluding carboxylic acids is 2. The van der Waals surface area contributed by atoms with Crippen molar-refractivity contribution in [1.82, 2.24) is 20.8 Å². The Hall–Kier alpha value is -3.26. The molecule has 0 aliphatic carbocycles. The Morgan fingerprint density at radius 2 is 1.77 bits per heavy atom. The van der Waals surface area contributed by atoms with E-state index in [4.69, 9.17) is 0 Å². The van der Waals surface area contributed by atoms with Crippen LogP contribution in [0.2, 0.25) is 0 Å². The van der Waals surface area contributed by atoms with Crippen LogP contribution in [-0.2, 0) is 11.2 Å². The summed E-state index contributed by atoms with van der Waals surface area (Å²) in [6.07, 6.45) is 0.355. The highest BCUT2D eigenvalue weighted by molar-refractivity contribution is 7.18. The Morgan fingerprint density at radius 1 is 1.03 bits per heavy atom. The molecule has 1 unspecified atom stereocenters. The van der Waals surface area contributed by atoms with Gasteiger partial charge in [-0.05, 0) is 39.3 Å². The molecule has 0 bridgehead atoms. The van der Waals surface area contributed by atoms with Gasteiger partial charge in [0.2, 0.25) is 11.0 Å². The summed E-state index contributed by atoms with van der Waals surface area (Å²) in [5.74, 6) is -0.347. The summed E-state index contributed by atoms with van der Waals surface area (Å²) in [7, 11) is 0. The maximum Gasteiger partial charge on any atom is 0.315 e. The minimum Gasteiger partial charge on any atom is -0.334 e. The number of urea groups is 1. The SMILES string of the molecule is Cc1cccc(-c2nnc(NC(=O)C(Cc3ccccc3)NC(=O)NC(C)(C)C)s2)c1.